The summed E-state index contributed by atoms with van der Waals surface area (Å²) in [6.45, 7) is 1.69. The Bertz CT molecular complexity index is 307. The van der Waals surface area contributed by atoms with Gasteiger partial charge >= 0.3 is 5.66 Å². The van der Waals surface area contributed by atoms with E-state index >= 15 is 0 Å². The number of allylic oxidation sites excluding steroid dienone is 2. The van der Waals surface area contributed by atoms with E-state index in [1.54, 1.807) is 13.0 Å². The maximum Gasteiger partial charge on any atom is 0.484 e. The summed E-state index contributed by atoms with van der Waals surface area (Å²) >= 11 is 0. The van der Waals surface area contributed by atoms with Crippen molar-refractivity contribution < 1.29 is 9.85 Å². The van der Waals surface area contributed by atoms with Gasteiger partial charge in [0, 0.05) is 0 Å². The molecule has 1 aliphatic carbocycles. The fourth-order valence-electron chi connectivity index (χ4n) is 1.56. The molecule has 6 nitrogen and oxygen atoms in total. The van der Waals surface area contributed by atoms with E-state index in [4.69, 9.17) is 0 Å². The van der Waals surface area contributed by atoms with Gasteiger partial charge in [-0.2, -0.15) is 0 Å². The van der Waals surface area contributed by atoms with Gasteiger partial charge in [0.25, 0.3) is 0 Å². The minimum atomic E-state index is -2.18. The fraction of sp³-hybridized carbons (Fsp3) is 0.500. The molecule has 0 N–H and O–H groups in total. The van der Waals surface area contributed by atoms with Crippen molar-refractivity contribution in [2.24, 2.45) is 5.92 Å². The van der Waals surface area contributed by atoms with E-state index in [9.17, 15) is 20.2 Å². The van der Waals surface area contributed by atoms with Crippen LogP contribution >= 0.6 is 0 Å². The van der Waals surface area contributed by atoms with Crippen LogP contribution in [0.1, 0.15) is 13.3 Å². The minimum absolute atomic E-state index is 0.364. The van der Waals surface area contributed by atoms with Crippen molar-refractivity contribution in [3.8, 4) is 0 Å². The second-order valence-corrected chi connectivity index (χ2v) is 3.06. The fourth-order valence-corrected chi connectivity index (χ4v) is 1.56. The van der Waals surface area contributed by atoms with Gasteiger partial charge in [0.1, 0.15) is 15.8 Å². The zero-order chi connectivity index (χ0) is 10.8. The molecule has 0 spiro atoms. The van der Waals surface area contributed by atoms with Crippen LogP contribution in [0.5, 0.6) is 0 Å². The summed E-state index contributed by atoms with van der Waals surface area (Å²) in [5.74, 6) is -0.683. The molecule has 0 bridgehead atoms. The maximum absolute atomic E-state index is 10.8. The highest BCUT2D eigenvalue weighted by Crippen LogP contribution is 2.30. The summed E-state index contributed by atoms with van der Waals surface area (Å²) in [6.07, 6.45) is 5.85. The molecule has 1 aliphatic rings. The van der Waals surface area contributed by atoms with E-state index < -0.39 is 21.4 Å². The third kappa shape index (κ3) is 1.28. The first-order chi connectivity index (χ1) is 6.55. The molecule has 0 aromatic rings. The molecule has 0 fully saturated rings. The summed E-state index contributed by atoms with van der Waals surface area (Å²) in [7, 11) is 0. The molecule has 0 aromatic heterocycles. The van der Waals surface area contributed by atoms with Crippen molar-refractivity contribution in [3.05, 3.63) is 44.5 Å². The van der Waals surface area contributed by atoms with Gasteiger partial charge in [-0.05, 0) is 6.42 Å². The van der Waals surface area contributed by atoms with Crippen LogP contribution in [-0.4, -0.2) is 15.5 Å². The Morgan fingerprint density at radius 2 is 1.86 bits per heavy atom. The monoisotopic (exact) mass is 198 g/mol. The second-order valence-electron chi connectivity index (χ2n) is 3.06. The first kappa shape index (κ1) is 10.4. The summed E-state index contributed by atoms with van der Waals surface area (Å²) in [4.78, 5) is 19.9. The molecule has 1 atom stereocenters. The first-order valence-electron chi connectivity index (χ1n) is 4.20. The van der Waals surface area contributed by atoms with Gasteiger partial charge in [-0.15, -0.1) is 0 Å². The molecule has 1 rings (SSSR count). The standard InChI is InChI=1S/C8H10N2O4/c1-2-7-5-3-4-6-8(7,9(11)12)10(13)14/h3-7H,2H2,1H3. The SMILES string of the molecule is CCC1C=CC=CC1([N+](=O)[O-])[N+](=O)[O-]. The van der Waals surface area contributed by atoms with Crippen LogP contribution < -0.4 is 0 Å². The van der Waals surface area contributed by atoms with Crippen LogP contribution in [0.2, 0.25) is 0 Å². The highest BCUT2D eigenvalue weighted by Gasteiger charge is 2.59. The predicted molar refractivity (Wildman–Crippen MR) is 48.8 cm³/mol. The number of hydrogen-bond acceptors (Lipinski definition) is 4. The number of nitrogens with zero attached hydrogens (tertiary/aromatic N) is 2. The van der Waals surface area contributed by atoms with Crippen molar-refractivity contribution in [1.82, 2.24) is 0 Å². The Balaban J connectivity index is 3.20. The lowest BCUT2D eigenvalue weighted by Crippen LogP contribution is -2.50. The third-order valence-electron chi connectivity index (χ3n) is 2.37. The molecule has 0 saturated carbocycles. The highest BCUT2D eigenvalue weighted by molar-refractivity contribution is 5.18. The van der Waals surface area contributed by atoms with Crippen molar-refractivity contribution >= 4 is 0 Å². The Morgan fingerprint density at radius 3 is 2.21 bits per heavy atom. The smallest absolute Gasteiger partial charge is 0.258 e. The molecule has 0 radical (unpaired) electrons. The average molecular weight is 198 g/mol. The van der Waals surface area contributed by atoms with Crippen molar-refractivity contribution in [2.75, 3.05) is 0 Å². The van der Waals surface area contributed by atoms with Gasteiger partial charge in [0.05, 0.1) is 6.08 Å². The minimum Gasteiger partial charge on any atom is -0.258 e. The normalized spacial score (nSPS) is 23.4. The van der Waals surface area contributed by atoms with Gasteiger partial charge in [0.15, 0.2) is 0 Å². The van der Waals surface area contributed by atoms with E-state index in [1.165, 1.54) is 12.2 Å². The number of nitro groups is 2. The van der Waals surface area contributed by atoms with Crippen LogP contribution in [0.3, 0.4) is 0 Å². The Labute approximate surface area is 80.2 Å². The van der Waals surface area contributed by atoms with E-state index in [0.717, 1.165) is 6.08 Å². The lowest BCUT2D eigenvalue weighted by Gasteiger charge is -2.21. The molecule has 0 amide bonds. The highest BCUT2D eigenvalue weighted by atomic mass is 16.7. The third-order valence-corrected chi connectivity index (χ3v) is 2.37. The summed E-state index contributed by atoms with van der Waals surface area (Å²) in [5, 5.41) is 21.5. The molecular weight excluding hydrogens is 188 g/mol. The molecule has 0 aromatic carbocycles. The van der Waals surface area contributed by atoms with Crippen LogP contribution in [0, 0.1) is 26.1 Å². The molecule has 0 aliphatic heterocycles. The quantitative estimate of drug-likeness (QED) is 0.389. The van der Waals surface area contributed by atoms with Gasteiger partial charge in [-0.25, -0.2) is 0 Å². The van der Waals surface area contributed by atoms with Gasteiger partial charge in [-0.1, -0.05) is 25.2 Å². The Kier molecular flexibility index (Phi) is 2.64. The molecule has 6 heteroatoms. The first-order valence-corrected chi connectivity index (χ1v) is 4.20. The lowest BCUT2D eigenvalue weighted by molar-refractivity contribution is -0.788. The largest absolute Gasteiger partial charge is 0.484 e. The maximum atomic E-state index is 10.8. The summed E-state index contributed by atoms with van der Waals surface area (Å²) in [6, 6.07) is 0. The molecule has 0 saturated heterocycles. The van der Waals surface area contributed by atoms with E-state index in [1.807, 2.05) is 0 Å². The van der Waals surface area contributed by atoms with Crippen LogP contribution in [0.4, 0.5) is 0 Å². The molecule has 14 heavy (non-hydrogen) atoms. The second kappa shape index (κ2) is 3.57. The van der Waals surface area contributed by atoms with Gasteiger partial charge in [0.2, 0.25) is 0 Å². The molecular formula is C8H10N2O4. The average Bonchev–Trinajstić information content (AvgIpc) is 2.16. The van der Waals surface area contributed by atoms with E-state index in [-0.39, 0.29) is 0 Å². The van der Waals surface area contributed by atoms with Crippen molar-refractivity contribution in [3.63, 3.8) is 0 Å². The molecule has 0 heterocycles. The summed E-state index contributed by atoms with van der Waals surface area (Å²) in [5.41, 5.74) is -2.18. The number of rotatable bonds is 3. The zero-order valence-corrected chi connectivity index (χ0v) is 7.62. The van der Waals surface area contributed by atoms with E-state index in [0.29, 0.717) is 6.42 Å². The van der Waals surface area contributed by atoms with Crippen LogP contribution in [0.15, 0.2) is 24.3 Å². The Morgan fingerprint density at radius 1 is 1.29 bits per heavy atom. The molecule has 76 valence electrons. The van der Waals surface area contributed by atoms with E-state index in [2.05, 4.69) is 0 Å². The van der Waals surface area contributed by atoms with Crippen molar-refractivity contribution in [2.45, 2.75) is 19.0 Å². The van der Waals surface area contributed by atoms with Crippen LogP contribution in [0.25, 0.3) is 0 Å². The lowest BCUT2D eigenvalue weighted by atomic mass is 9.87. The number of hydrogen-bond donors (Lipinski definition) is 0. The van der Waals surface area contributed by atoms with Crippen molar-refractivity contribution in [1.29, 1.82) is 0 Å². The topological polar surface area (TPSA) is 86.3 Å². The van der Waals surface area contributed by atoms with Crippen LogP contribution in [-0.2, 0) is 0 Å². The van der Waals surface area contributed by atoms with Gasteiger partial charge in [-0.3, -0.25) is 20.2 Å². The molecule has 1 unspecified atom stereocenters. The Hall–Kier alpha value is -1.72. The predicted octanol–water partition coefficient (Wildman–Crippen LogP) is 1.39. The zero-order valence-electron chi connectivity index (χ0n) is 7.62. The van der Waals surface area contributed by atoms with Gasteiger partial charge < -0.3 is 0 Å². The summed E-state index contributed by atoms with van der Waals surface area (Å²) < 4.78 is 0.